The van der Waals surface area contributed by atoms with Gasteiger partial charge in [0.1, 0.15) is 0 Å². The Morgan fingerprint density at radius 1 is 1.33 bits per heavy atom. The van der Waals surface area contributed by atoms with Gasteiger partial charge < -0.3 is 4.90 Å². The highest BCUT2D eigenvalue weighted by Gasteiger charge is 2.29. The molecule has 0 spiro atoms. The third-order valence-corrected chi connectivity index (χ3v) is 3.88. The first-order valence-corrected chi connectivity index (χ1v) is 7.31. The maximum Gasteiger partial charge on any atom is 0.246 e. The summed E-state index contributed by atoms with van der Waals surface area (Å²) >= 11 is 0. The van der Waals surface area contributed by atoms with Gasteiger partial charge in [-0.05, 0) is 25.8 Å². The molecule has 3 heteroatoms. The van der Waals surface area contributed by atoms with Crippen LogP contribution in [0.5, 0.6) is 0 Å². The second kappa shape index (κ2) is 7.57. The number of piperazine rings is 1. The molecule has 1 aliphatic rings. The number of hydrogen-bond acceptors (Lipinski definition) is 2. The maximum absolute atomic E-state index is 11.7. The molecular weight excluding hydrogens is 224 g/mol. The van der Waals surface area contributed by atoms with Crippen molar-refractivity contribution in [1.29, 1.82) is 0 Å². The second-order valence-corrected chi connectivity index (χ2v) is 5.31. The van der Waals surface area contributed by atoms with Crippen molar-refractivity contribution in [1.82, 2.24) is 9.80 Å². The molecule has 0 aliphatic carbocycles. The van der Waals surface area contributed by atoms with Gasteiger partial charge in [-0.2, -0.15) is 0 Å². The topological polar surface area (TPSA) is 23.6 Å². The van der Waals surface area contributed by atoms with Crippen LogP contribution in [0.25, 0.3) is 0 Å². The highest BCUT2D eigenvalue weighted by atomic mass is 16.2. The smallest absolute Gasteiger partial charge is 0.246 e. The van der Waals surface area contributed by atoms with Crippen LogP contribution in [0, 0.1) is 0 Å². The fourth-order valence-corrected chi connectivity index (χ4v) is 2.94. The summed E-state index contributed by atoms with van der Waals surface area (Å²) in [6.07, 6.45) is 6.46. The average Bonchev–Trinajstić information content (AvgIpc) is 2.37. The lowest BCUT2D eigenvalue weighted by atomic mass is 10.0. The summed E-state index contributed by atoms with van der Waals surface area (Å²) in [7, 11) is 0. The molecule has 18 heavy (non-hydrogen) atoms. The predicted octanol–water partition coefficient (Wildman–Crippen LogP) is 2.67. The molecule has 1 amide bonds. The molecule has 0 aromatic carbocycles. The van der Waals surface area contributed by atoms with Gasteiger partial charge in [-0.3, -0.25) is 9.69 Å². The van der Waals surface area contributed by atoms with Crippen molar-refractivity contribution in [3.63, 3.8) is 0 Å². The lowest BCUT2D eigenvalue weighted by Crippen LogP contribution is -2.56. The Morgan fingerprint density at radius 3 is 2.39 bits per heavy atom. The van der Waals surface area contributed by atoms with Crippen LogP contribution in [-0.4, -0.2) is 47.4 Å². The third kappa shape index (κ3) is 3.84. The van der Waals surface area contributed by atoms with Gasteiger partial charge in [-0.1, -0.05) is 33.3 Å². The van der Waals surface area contributed by atoms with Gasteiger partial charge in [0.15, 0.2) is 0 Å². The minimum Gasteiger partial charge on any atom is -0.334 e. The predicted molar refractivity (Wildman–Crippen MR) is 76.5 cm³/mol. The van der Waals surface area contributed by atoms with Crippen LogP contribution in [0.2, 0.25) is 0 Å². The van der Waals surface area contributed by atoms with Crippen molar-refractivity contribution >= 4 is 5.91 Å². The molecule has 104 valence electrons. The first kappa shape index (κ1) is 15.2. The molecule has 0 aromatic rings. The van der Waals surface area contributed by atoms with E-state index in [1.54, 1.807) is 0 Å². The van der Waals surface area contributed by atoms with E-state index in [2.05, 4.69) is 32.3 Å². The molecule has 1 aliphatic heterocycles. The zero-order valence-electron chi connectivity index (χ0n) is 12.2. The fourth-order valence-electron chi connectivity index (χ4n) is 2.94. The molecular formula is C15H28N2O. The molecule has 1 fully saturated rings. The van der Waals surface area contributed by atoms with E-state index in [4.69, 9.17) is 0 Å². The van der Waals surface area contributed by atoms with E-state index in [0.717, 1.165) is 19.6 Å². The molecule has 0 unspecified atom stereocenters. The van der Waals surface area contributed by atoms with Crippen LogP contribution in [0.4, 0.5) is 0 Å². The van der Waals surface area contributed by atoms with Gasteiger partial charge in [0.2, 0.25) is 5.91 Å². The molecule has 0 saturated carbocycles. The highest BCUT2D eigenvalue weighted by Crippen LogP contribution is 2.18. The minimum absolute atomic E-state index is 0.0738. The molecule has 0 N–H and O–H groups in total. The van der Waals surface area contributed by atoms with Crippen molar-refractivity contribution in [2.24, 2.45) is 0 Å². The van der Waals surface area contributed by atoms with E-state index < -0.39 is 0 Å². The summed E-state index contributed by atoms with van der Waals surface area (Å²) in [5.74, 6) is 0.0738. The molecule has 0 radical (unpaired) electrons. The summed E-state index contributed by atoms with van der Waals surface area (Å²) in [5.41, 5.74) is 0. The summed E-state index contributed by atoms with van der Waals surface area (Å²) in [4.78, 5) is 16.2. The Morgan fingerprint density at radius 2 is 1.94 bits per heavy atom. The number of carbonyl (C=O) groups excluding carboxylic acids is 1. The van der Waals surface area contributed by atoms with E-state index in [-0.39, 0.29) is 5.91 Å². The van der Waals surface area contributed by atoms with Gasteiger partial charge in [-0.25, -0.2) is 0 Å². The largest absolute Gasteiger partial charge is 0.334 e. The number of amides is 1. The van der Waals surface area contributed by atoms with Gasteiger partial charge in [0, 0.05) is 31.7 Å². The zero-order chi connectivity index (χ0) is 13.5. The first-order chi connectivity index (χ1) is 8.63. The van der Waals surface area contributed by atoms with E-state index in [1.165, 1.54) is 31.8 Å². The lowest BCUT2D eigenvalue weighted by Gasteiger charge is -2.43. The molecule has 0 aromatic heterocycles. The monoisotopic (exact) mass is 252 g/mol. The molecule has 1 atom stereocenters. The van der Waals surface area contributed by atoms with Crippen LogP contribution < -0.4 is 0 Å². The SMILES string of the molecule is C=CC(=O)N1CCN(C(CCC)CCC)C[C@H]1C. The van der Waals surface area contributed by atoms with E-state index >= 15 is 0 Å². The Kier molecular flexibility index (Phi) is 6.41. The summed E-state index contributed by atoms with van der Waals surface area (Å²) in [5, 5.41) is 0. The third-order valence-electron chi connectivity index (χ3n) is 3.88. The van der Waals surface area contributed by atoms with Crippen LogP contribution in [-0.2, 0) is 4.79 Å². The molecule has 1 saturated heterocycles. The van der Waals surface area contributed by atoms with Crippen LogP contribution in [0.1, 0.15) is 46.5 Å². The van der Waals surface area contributed by atoms with Crippen LogP contribution in [0.3, 0.4) is 0 Å². The number of hydrogen-bond donors (Lipinski definition) is 0. The van der Waals surface area contributed by atoms with Crippen molar-refractivity contribution < 1.29 is 4.79 Å². The van der Waals surface area contributed by atoms with Crippen molar-refractivity contribution in [2.45, 2.75) is 58.5 Å². The van der Waals surface area contributed by atoms with Gasteiger partial charge in [-0.15, -0.1) is 0 Å². The number of carbonyl (C=O) groups is 1. The van der Waals surface area contributed by atoms with Gasteiger partial charge in [0.05, 0.1) is 0 Å². The number of nitrogens with zero attached hydrogens (tertiary/aromatic N) is 2. The molecule has 0 bridgehead atoms. The average molecular weight is 252 g/mol. The molecule has 1 rings (SSSR count). The molecule has 1 heterocycles. The quantitative estimate of drug-likeness (QED) is 0.679. The van der Waals surface area contributed by atoms with Gasteiger partial charge >= 0.3 is 0 Å². The summed E-state index contributed by atoms with van der Waals surface area (Å²) < 4.78 is 0. The Bertz CT molecular complexity index is 272. The summed E-state index contributed by atoms with van der Waals surface area (Å²) in [6.45, 7) is 13.1. The Hall–Kier alpha value is -0.830. The zero-order valence-corrected chi connectivity index (χ0v) is 12.2. The van der Waals surface area contributed by atoms with Crippen LogP contribution >= 0.6 is 0 Å². The van der Waals surface area contributed by atoms with Gasteiger partial charge in [0.25, 0.3) is 0 Å². The van der Waals surface area contributed by atoms with E-state index in [1.807, 2.05) is 4.90 Å². The number of rotatable bonds is 6. The fraction of sp³-hybridized carbons (Fsp3) is 0.800. The highest BCUT2D eigenvalue weighted by molar-refractivity contribution is 5.87. The maximum atomic E-state index is 11.7. The molecule has 3 nitrogen and oxygen atoms in total. The second-order valence-electron chi connectivity index (χ2n) is 5.31. The van der Waals surface area contributed by atoms with E-state index in [9.17, 15) is 4.79 Å². The first-order valence-electron chi connectivity index (χ1n) is 7.31. The Labute approximate surface area is 112 Å². The van der Waals surface area contributed by atoms with Crippen molar-refractivity contribution in [2.75, 3.05) is 19.6 Å². The summed E-state index contributed by atoms with van der Waals surface area (Å²) in [6, 6.07) is 1.00. The lowest BCUT2D eigenvalue weighted by molar-refractivity contribution is -0.130. The van der Waals surface area contributed by atoms with Crippen LogP contribution in [0.15, 0.2) is 12.7 Å². The van der Waals surface area contributed by atoms with Crippen molar-refractivity contribution in [3.05, 3.63) is 12.7 Å². The van der Waals surface area contributed by atoms with Crippen molar-refractivity contribution in [3.8, 4) is 0 Å². The Balaban J connectivity index is 2.57. The standard InChI is InChI=1S/C15H28N2O/c1-5-8-14(9-6-2)16-10-11-17(13(4)12-16)15(18)7-3/h7,13-14H,3,5-6,8-12H2,1-2,4H3/t13-/m1/s1. The minimum atomic E-state index is 0.0738. The van der Waals surface area contributed by atoms with E-state index in [0.29, 0.717) is 12.1 Å². The normalized spacial score (nSPS) is 21.3.